The molecule has 0 fully saturated rings. The Kier molecular flexibility index (Phi) is 5.79. The molecule has 1 rings (SSSR count). The minimum Gasteiger partial charge on any atom is -0.334 e. The maximum Gasteiger partial charge on any atom is 0.0948 e. The fraction of sp³-hybridized carbons (Fsp3) is 0.727. The number of hydrogen-bond donors (Lipinski definition) is 1. The predicted octanol–water partition coefficient (Wildman–Crippen LogP) is 2.13. The first-order valence-electron chi connectivity index (χ1n) is 5.50. The van der Waals surface area contributed by atoms with Crippen LogP contribution in [0.2, 0.25) is 0 Å². The summed E-state index contributed by atoms with van der Waals surface area (Å²) in [7, 11) is 0. The van der Waals surface area contributed by atoms with E-state index in [4.69, 9.17) is 0 Å². The molecule has 0 radical (unpaired) electrons. The van der Waals surface area contributed by atoms with Gasteiger partial charge in [0.05, 0.1) is 12.0 Å². The van der Waals surface area contributed by atoms with Gasteiger partial charge in [0.1, 0.15) is 0 Å². The van der Waals surface area contributed by atoms with Gasteiger partial charge in [0.2, 0.25) is 0 Å². The predicted molar refractivity (Wildman–Crippen MR) is 67.2 cm³/mol. The maximum atomic E-state index is 4.14. The first-order chi connectivity index (χ1) is 7.27. The Morgan fingerprint density at radius 2 is 2.40 bits per heavy atom. The Hall–Kier alpha value is -0.480. The van der Waals surface area contributed by atoms with Crippen LogP contribution >= 0.6 is 11.8 Å². The number of imidazole rings is 1. The van der Waals surface area contributed by atoms with E-state index in [0.717, 1.165) is 24.9 Å². The second kappa shape index (κ2) is 6.90. The van der Waals surface area contributed by atoms with Crippen LogP contribution in [0.4, 0.5) is 0 Å². The third-order valence-electron chi connectivity index (χ3n) is 2.58. The van der Waals surface area contributed by atoms with Crippen molar-refractivity contribution in [2.24, 2.45) is 0 Å². The van der Waals surface area contributed by atoms with Gasteiger partial charge >= 0.3 is 0 Å². The largest absolute Gasteiger partial charge is 0.334 e. The summed E-state index contributed by atoms with van der Waals surface area (Å²) in [6.45, 7) is 7.41. The monoisotopic (exact) mass is 227 g/mol. The van der Waals surface area contributed by atoms with Crippen molar-refractivity contribution in [1.29, 1.82) is 0 Å². The highest BCUT2D eigenvalue weighted by molar-refractivity contribution is 7.99. The van der Waals surface area contributed by atoms with Crippen LogP contribution in [0.3, 0.4) is 0 Å². The molecule has 1 unspecified atom stereocenters. The molecule has 15 heavy (non-hydrogen) atoms. The highest BCUT2D eigenvalue weighted by atomic mass is 32.2. The van der Waals surface area contributed by atoms with Crippen LogP contribution in [0, 0.1) is 0 Å². The molecule has 0 aliphatic carbocycles. The van der Waals surface area contributed by atoms with Crippen LogP contribution in [0.5, 0.6) is 0 Å². The number of nitrogens with zero attached hydrogens (tertiary/aromatic N) is 2. The minimum atomic E-state index is 0.744. The third kappa shape index (κ3) is 4.26. The molecule has 0 amide bonds. The number of hydrogen-bond acceptors (Lipinski definition) is 3. The Morgan fingerprint density at radius 1 is 1.60 bits per heavy atom. The molecule has 0 aliphatic heterocycles. The van der Waals surface area contributed by atoms with Crippen LogP contribution < -0.4 is 5.32 Å². The molecular formula is C11H21N3S. The summed E-state index contributed by atoms with van der Waals surface area (Å²) < 4.78 is 2.17. The first kappa shape index (κ1) is 12.6. The van der Waals surface area contributed by atoms with Gasteiger partial charge in [-0.25, -0.2) is 4.98 Å². The summed E-state index contributed by atoms with van der Waals surface area (Å²) in [6, 6.07) is 0. The number of thioether (sulfide) groups is 1. The lowest BCUT2D eigenvalue weighted by Gasteiger charge is -2.09. The molecule has 86 valence electrons. The fourth-order valence-electron chi connectivity index (χ4n) is 1.42. The molecule has 4 heteroatoms. The molecule has 0 saturated heterocycles. The Morgan fingerprint density at radius 3 is 3.07 bits per heavy atom. The van der Waals surface area contributed by atoms with Gasteiger partial charge in [-0.1, -0.05) is 6.92 Å². The van der Waals surface area contributed by atoms with Crippen LogP contribution in [0.1, 0.15) is 26.0 Å². The lowest BCUT2D eigenvalue weighted by Crippen LogP contribution is -2.19. The fourth-order valence-corrected chi connectivity index (χ4v) is 1.77. The van der Waals surface area contributed by atoms with E-state index < -0.39 is 0 Å². The van der Waals surface area contributed by atoms with Crippen LogP contribution in [0.15, 0.2) is 12.5 Å². The van der Waals surface area contributed by atoms with Crippen LogP contribution in [-0.2, 0) is 13.1 Å². The molecule has 0 aromatic carbocycles. The number of nitrogens with one attached hydrogen (secondary N) is 1. The minimum absolute atomic E-state index is 0.744. The number of aromatic nitrogens is 2. The molecule has 3 nitrogen and oxygen atoms in total. The molecule has 1 aromatic rings. The zero-order chi connectivity index (χ0) is 11.1. The van der Waals surface area contributed by atoms with Gasteiger partial charge in [-0.05, 0) is 26.1 Å². The van der Waals surface area contributed by atoms with E-state index in [2.05, 4.69) is 35.0 Å². The van der Waals surface area contributed by atoms with E-state index in [1.54, 1.807) is 0 Å². The molecular weight excluding hydrogens is 206 g/mol. The zero-order valence-corrected chi connectivity index (χ0v) is 10.7. The average molecular weight is 227 g/mol. The van der Waals surface area contributed by atoms with Crippen molar-refractivity contribution < 1.29 is 0 Å². The van der Waals surface area contributed by atoms with Crippen LogP contribution in [-0.4, -0.2) is 27.6 Å². The average Bonchev–Trinajstić information content (AvgIpc) is 2.71. The van der Waals surface area contributed by atoms with E-state index >= 15 is 0 Å². The normalized spacial score (nSPS) is 13.0. The standard InChI is InChI=1S/C11H21N3S/c1-4-14-9-13-8-11(14)7-12-6-5-10(2)15-3/h8-10,12H,4-7H2,1-3H3. The Bertz CT molecular complexity index is 273. The van der Waals surface area contributed by atoms with Gasteiger partial charge in [-0.15, -0.1) is 0 Å². The van der Waals surface area contributed by atoms with Crippen molar-refractivity contribution in [2.45, 2.75) is 38.6 Å². The van der Waals surface area contributed by atoms with Crippen molar-refractivity contribution in [1.82, 2.24) is 14.9 Å². The quantitative estimate of drug-likeness (QED) is 0.724. The second-order valence-electron chi connectivity index (χ2n) is 3.68. The van der Waals surface area contributed by atoms with Gasteiger partial charge in [-0.2, -0.15) is 11.8 Å². The summed E-state index contributed by atoms with van der Waals surface area (Å²) in [6.07, 6.45) is 7.22. The van der Waals surface area contributed by atoms with Gasteiger partial charge < -0.3 is 9.88 Å². The van der Waals surface area contributed by atoms with Crippen molar-refractivity contribution in [3.05, 3.63) is 18.2 Å². The maximum absolute atomic E-state index is 4.14. The highest BCUT2D eigenvalue weighted by Gasteiger charge is 2.01. The van der Waals surface area contributed by atoms with Gasteiger partial charge in [0.15, 0.2) is 0 Å². The van der Waals surface area contributed by atoms with Gasteiger partial charge in [-0.3, -0.25) is 0 Å². The van der Waals surface area contributed by atoms with E-state index in [1.165, 1.54) is 12.1 Å². The second-order valence-corrected chi connectivity index (χ2v) is 4.96. The van der Waals surface area contributed by atoms with Gasteiger partial charge in [0.25, 0.3) is 0 Å². The van der Waals surface area contributed by atoms with Gasteiger partial charge in [0, 0.05) is 24.5 Å². The molecule has 1 aromatic heterocycles. The Balaban J connectivity index is 2.20. The summed E-state index contributed by atoms with van der Waals surface area (Å²) in [5.41, 5.74) is 1.27. The third-order valence-corrected chi connectivity index (χ3v) is 3.62. The highest BCUT2D eigenvalue weighted by Crippen LogP contribution is 2.08. The van der Waals surface area contributed by atoms with E-state index in [0.29, 0.717) is 0 Å². The van der Waals surface area contributed by atoms with Crippen molar-refractivity contribution in [3.63, 3.8) is 0 Å². The van der Waals surface area contributed by atoms with E-state index in [1.807, 2.05) is 24.3 Å². The van der Waals surface area contributed by atoms with Crippen molar-refractivity contribution >= 4 is 11.8 Å². The molecule has 0 spiro atoms. The van der Waals surface area contributed by atoms with Crippen LogP contribution in [0.25, 0.3) is 0 Å². The summed E-state index contributed by atoms with van der Waals surface area (Å²) in [4.78, 5) is 4.14. The molecule has 1 N–H and O–H groups in total. The number of aryl methyl sites for hydroxylation is 1. The lowest BCUT2D eigenvalue weighted by molar-refractivity contribution is 0.608. The molecule has 0 saturated carbocycles. The first-order valence-corrected chi connectivity index (χ1v) is 6.79. The molecule has 1 atom stereocenters. The molecule has 0 aliphatic rings. The van der Waals surface area contributed by atoms with Crippen molar-refractivity contribution in [3.8, 4) is 0 Å². The smallest absolute Gasteiger partial charge is 0.0948 e. The van der Waals surface area contributed by atoms with E-state index in [9.17, 15) is 0 Å². The summed E-state index contributed by atoms with van der Waals surface area (Å²) in [5, 5.41) is 4.20. The summed E-state index contributed by atoms with van der Waals surface area (Å²) >= 11 is 1.92. The SMILES string of the molecule is CCn1cncc1CNCCC(C)SC. The molecule has 0 bridgehead atoms. The topological polar surface area (TPSA) is 29.9 Å². The van der Waals surface area contributed by atoms with E-state index in [-0.39, 0.29) is 0 Å². The zero-order valence-electron chi connectivity index (χ0n) is 9.86. The lowest BCUT2D eigenvalue weighted by atomic mass is 10.3. The van der Waals surface area contributed by atoms with Crippen molar-refractivity contribution in [2.75, 3.05) is 12.8 Å². The molecule has 1 heterocycles. The number of rotatable bonds is 7. The summed E-state index contributed by atoms with van der Waals surface area (Å²) in [5.74, 6) is 0. The Labute approximate surface area is 96.7 Å².